The Morgan fingerprint density at radius 2 is 2.18 bits per heavy atom. The Balaban J connectivity index is 2.92. The van der Waals surface area contributed by atoms with Crippen molar-refractivity contribution in [3.05, 3.63) is 23.2 Å². The van der Waals surface area contributed by atoms with Gasteiger partial charge in [0.2, 0.25) is 0 Å². The van der Waals surface area contributed by atoms with Gasteiger partial charge in [0.25, 0.3) is 5.91 Å². The van der Waals surface area contributed by atoms with Crippen LogP contribution in [0.4, 0.5) is 0 Å². The molecule has 4 nitrogen and oxygen atoms in total. The zero-order valence-electron chi connectivity index (χ0n) is 10.8. The standard InChI is InChI=1S/C13H18N2O2/c1-9(2)15(7-5-6-14)13(16)12-8-10(3)17-11(12)4/h8-9H,5,7H2,1-4H3. The van der Waals surface area contributed by atoms with Gasteiger partial charge in [0.1, 0.15) is 11.5 Å². The van der Waals surface area contributed by atoms with Crippen LogP contribution in [0.1, 0.15) is 42.1 Å². The number of rotatable bonds is 4. The van der Waals surface area contributed by atoms with Crippen molar-refractivity contribution in [1.29, 1.82) is 5.26 Å². The van der Waals surface area contributed by atoms with E-state index in [2.05, 4.69) is 6.07 Å². The first-order valence-electron chi connectivity index (χ1n) is 5.72. The third-order valence-corrected chi connectivity index (χ3v) is 2.62. The molecule has 0 N–H and O–H groups in total. The van der Waals surface area contributed by atoms with E-state index in [4.69, 9.17) is 9.68 Å². The molecule has 0 aliphatic rings. The fourth-order valence-electron chi connectivity index (χ4n) is 1.76. The van der Waals surface area contributed by atoms with Crippen LogP contribution in [-0.2, 0) is 0 Å². The normalized spacial score (nSPS) is 10.4. The van der Waals surface area contributed by atoms with Crippen molar-refractivity contribution in [1.82, 2.24) is 4.90 Å². The van der Waals surface area contributed by atoms with Crippen molar-refractivity contribution in [3.8, 4) is 6.07 Å². The van der Waals surface area contributed by atoms with Crippen molar-refractivity contribution >= 4 is 5.91 Å². The Hall–Kier alpha value is -1.76. The van der Waals surface area contributed by atoms with Gasteiger partial charge >= 0.3 is 0 Å². The molecule has 0 aliphatic heterocycles. The van der Waals surface area contributed by atoms with E-state index in [0.717, 1.165) is 5.76 Å². The molecule has 1 aromatic heterocycles. The summed E-state index contributed by atoms with van der Waals surface area (Å²) in [6.45, 7) is 7.94. The SMILES string of the molecule is Cc1cc(C(=O)N(CCC#N)C(C)C)c(C)o1. The number of carbonyl (C=O) groups is 1. The number of furan rings is 1. The molecule has 0 fully saturated rings. The summed E-state index contributed by atoms with van der Waals surface area (Å²) in [6.07, 6.45) is 0.347. The van der Waals surface area contributed by atoms with Crippen molar-refractivity contribution in [2.24, 2.45) is 0 Å². The molecule has 0 saturated carbocycles. The van der Waals surface area contributed by atoms with Gasteiger partial charge < -0.3 is 9.32 Å². The summed E-state index contributed by atoms with van der Waals surface area (Å²) in [4.78, 5) is 14.0. The highest BCUT2D eigenvalue weighted by Crippen LogP contribution is 2.17. The van der Waals surface area contributed by atoms with Gasteiger partial charge in [-0.05, 0) is 33.8 Å². The minimum atomic E-state index is -0.0652. The first-order chi connectivity index (χ1) is 7.97. The molecule has 0 atom stereocenters. The van der Waals surface area contributed by atoms with Gasteiger partial charge in [-0.25, -0.2) is 0 Å². The molecular formula is C13H18N2O2. The van der Waals surface area contributed by atoms with Crippen LogP contribution in [0, 0.1) is 25.2 Å². The predicted molar refractivity (Wildman–Crippen MR) is 64.6 cm³/mol. The van der Waals surface area contributed by atoms with Crippen LogP contribution >= 0.6 is 0 Å². The quantitative estimate of drug-likeness (QED) is 0.804. The van der Waals surface area contributed by atoms with Gasteiger partial charge in [0, 0.05) is 12.6 Å². The fraction of sp³-hybridized carbons (Fsp3) is 0.538. The van der Waals surface area contributed by atoms with Gasteiger partial charge in [-0.3, -0.25) is 4.79 Å². The lowest BCUT2D eigenvalue weighted by Gasteiger charge is -2.25. The Morgan fingerprint density at radius 3 is 2.59 bits per heavy atom. The highest BCUT2D eigenvalue weighted by atomic mass is 16.3. The van der Waals surface area contributed by atoms with Gasteiger partial charge in [0.15, 0.2) is 0 Å². The lowest BCUT2D eigenvalue weighted by Crippen LogP contribution is -2.37. The van der Waals surface area contributed by atoms with E-state index in [1.165, 1.54) is 0 Å². The first kappa shape index (κ1) is 13.3. The van der Waals surface area contributed by atoms with E-state index in [9.17, 15) is 4.79 Å². The molecule has 0 aromatic carbocycles. The number of aryl methyl sites for hydroxylation is 2. The molecule has 0 aliphatic carbocycles. The summed E-state index contributed by atoms with van der Waals surface area (Å²) < 4.78 is 5.36. The average molecular weight is 234 g/mol. The van der Waals surface area contributed by atoms with E-state index in [-0.39, 0.29) is 11.9 Å². The third-order valence-electron chi connectivity index (χ3n) is 2.62. The van der Waals surface area contributed by atoms with Crippen LogP contribution in [0.2, 0.25) is 0 Å². The van der Waals surface area contributed by atoms with Crippen molar-refractivity contribution < 1.29 is 9.21 Å². The molecule has 0 bridgehead atoms. The molecule has 0 saturated heterocycles. The Kier molecular flexibility index (Phi) is 4.33. The number of nitrogens with zero attached hydrogens (tertiary/aromatic N) is 2. The van der Waals surface area contributed by atoms with Crippen LogP contribution in [0.3, 0.4) is 0 Å². The molecule has 4 heteroatoms. The average Bonchev–Trinajstić information content (AvgIpc) is 2.57. The maximum atomic E-state index is 12.3. The van der Waals surface area contributed by atoms with E-state index in [0.29, 0.717) is 24.3 Å². The Bertz CT molecular complexity index is 441. The molecule has 92 valence electrons. The smallest absolute Gasteiger partial charge is 0.257 e. The van der Waals surface area contributed by atoms with E-state index < -0.39 is 0 Å². The molecule has 0 unspecified atom stereocenters. The number of hydrogen-bond donors (Lipinski definition) is 0. The summed E-state index contributed by atoms with van der Waals surface area (Å²) in [7, 11) is 0. The predicted octanol–water partition coefficient (Wildman–Crippen LogP) is 2.66. The highest BCUT2D eigenvalue weighted by molar-refractivity contribution is 5.95. The third kappa shape index (κ3) is 3.10. The van der Waals surface area contributed by atoms with Crippen LogP contribution in [0.25, 0.3) is 0 Å². The minimum absolute atomic E-state index is 0.0652. The van der Waals surface area contributed by atoms with E-state index in [1.54, 1.807) is 17.9 Å². The summed E-state index contributed by atoms with van der Waals surface area (Å²) in [6, 6.07) is 3.89. The number of nitriles is 1. The molecule has 0 radical (unpaired) electrons. The summed E-state index contributed by atoms with van der Waals surface area (Å²) in [5, 5.41) is 8.60. The summed E-state index contributed by atoms with van der Waals surface area (Å²) in [5.41, 5.74) is 0.592. The largest absolute Gasteiger partial charge is 0.466 e. The van der Waals surface area contributed by atoms with Crippen LogP contribution in [-0.4, -0.2) is 23.4 Å². The zero-order chi connectivity index (χ0) is 13.0. The van der Waals surface area contributed by atoms with E-state index in [1.807, 2.05) is 20.8 Å². The van der Waals surface area contributed by atoms with Gasteiger partial charge in [-0.2, -0.15) is 5.26 Å². The van der Waals surface area contributed by atoms with Gasteiger partial charge in [-0.15, -0.1) is 0 Å². The van der Waals surface area contributed by atoms with Crippen molar-refractivity contribution in [3.63, 3.8) is 0 Å². The second-order valence-corrected chi connectivity index (χ2v) is 4.33. The Morgan fingerprint density at radius 1 is 1.53 bits per heavy atom. The fourth-order valence-corrected chi connectivity index (χ4v) is 1.76. The molecule has 0 spiro atoms. The highest BCUT2D eigenvalue weighted by Gasteiger charge is 2.22. The molecule has 1 heterocycles. The first-order valence-corrected chi connectivity index (χ1v) is 5.72. The number of hydrogen-bond acceptors (Lipinski definition) is 3. The molecule has 1 amide bonds. The van der Waals surface area contributed by atoms with Crippen molar-refractivity contribution in [2.45, 2.75) is 40.2 Å². The molecule has 1 aromatic rings. The zero-order valence-corrected chi connectivity index (χ0v) is 10.8. The van der Waals surface area contributed by atoms with Gasteiger partial charge in [0.05, 0.1) is 18.1 Å². The lowest BCUT2D eigenvalue weighted by molar-refractivity contribution is 0.0708. The topological polar surface area (TPSA) is 57.2 Å². The maximum absolute atomic E-state index is 12.3. The van der Waals surface area contributed by atoms with Gasteiger partial charge in [-0.1, -0.05) is 0 Å². The lowest BCUT2D eigenvalue weighted by atomic mass is 10.2. The maximum Gasteiger partial charge on any atom is 0.257 e. The van der Waals surface area contributed by atoms with E-state index >= 15 is 0 Å². The van der Waals surface area contributed by atoms with Crippen LogP contribution in [0.5, 0.6) is 0 Å². The minimum Gasteiger partial charge on any atom is -0.466 e. The second-order valence-electron chi connectivity index (χ2n) is 4.33. The number of amides is 1. The molecule has 17 heavy (non-hydrogen) atoms. The Labute approximate surface area is 102 Å². The number of carbonyl (C=O) groups excluding carboxylic acids is 1. The summed E-state index contributed by atoms with van der Waals surface area (Å²) in [5.74, 6) is 1.30. The van der Waals surface area contributed by atoms with Crippen LogP contribution in [0.15, 0.2) is 10.5 Å². The summed E-state index contributed by atoms with van der Waals surface area (Å²) >= 11 is 0. The second kappa shape index (κ2) is 5.53. The van der Waals surface area contributed by atoms with Crippen LogP contribution < -0.4 is 0 Å². The monoisotopic (exact) mass is 234 g/mol. The van der Waals surface area contributed by atoms with Crippen molar-refractivity contribution in [2.75, 3.05) is 6.54 Å². The molecule has 1 rings (SSSR count). The molecular weight excluding hydrogens is 216 g/mol.